The second-order valence-corrected chi connectivity index (χ2v) is 6.54. The zero-order valence-electron chi connectivity index (χ0n) is 14.9. The summed E-state index contributed by atoms with van der Waals surface area (Å²) in [5.41, 5.74) is 2.39. The van der Waals surface area contributed by atoms with Gasteiger partial charge in [-0.2, -0.15) is 0 Å². The largest absolute Gasteiger partial charge is 0.496 e. The van der Waals surface area contributed by atoms with Crippen LogP contribution in [0.3, 0.4) is 0 Å². The summed E-state index contributed by atoms with van der Waals surface area (Å²) >= 11 is 1.62. The highest BCUT2D eigenvalue weighted by molar-refractivity contribution is 7.13. The molecule has 4 nitrogen and oxygen atoms in total. The van der Waals surface area contributed by atoms with E-state index in [9.17, 15) is 4.79 Å². The van der Waals surface area contributed by atoms with E-state index in [2.05, 4.69) is 0 Å². The lowest BCUT2D eigenvalue weighted by Gasteiger charge is -2.22. The quantitative estimate of drug-likeness (QED) is 0.564. The number of carbonyl (C=O) groups is 1. The highest BCUT2D eigenvalue weighted by atomic mass is 32.1. The number of aldehydes is 1. The van der Waals surface area contributed by atoms with Gasteiger partial charge in [-0.05, 0) is 29.6 Å². The molecule has 0 saturated heterocycles. The van der Waals surface area contributed by atoms with Crippen LogP contribution in [0.1, 0.15) is 17.0 Å². The smallest absolute Gasteiger partial charge is 0.135 e. The molecular formula is C21H20O4S. The van der Waals surface area contributed by atoms with E-state index in [1.165, 1.54) is 0 Å². The number of carbonyl (C=O) groups excluding carboxylic acids is 1. The first-order valence-corrected chi connectivity index (χ1v) is 9.00. The number of ether oxygens (including phenoxy) is 3. The maximum Gasteiger partial charge on any atom is 0.135 e. The number of thiophene rings is 1. The summed E-state index contributed by atoms with van der Waals surface area (Å²) in [5, 5.41) is 2.01. The molecule has 0 saturated carbocycles. The molecule has 0 aliphatic rings. The first-order valence-electron chi connectivity index (χ1n) is 8.12. The second kappa shape index (κ2) is 8.06. The zero-order valence-corrected chi connectivity index (χ0v) is 15.7. The molecule has 1 heterocycles. The van der Waals surface area contributed by atoms with E-state index in [4.69, 9.17) is 14.2 Å². The number of hydrogen-bond acceptors (Lipinski definition) is 5. The van der Waals surface area contributed by atoms with Crippen LogP contribution in [0.4, 0.5) is 0 Å². The zero-order chi connectivity index (χ0) is 18.5. The monoisotopic (exact) mass is 368 g/mol. The van der Waals surface area contributed by atoms with Gasteiger partial charge in [-0.25, -0.2) is 0 Å². The molecule has 0 radical (unpaired) electrons. The van der Waals surface area contributed by atoms with Crippen LogP contribution >= 0.6 is 11.3 Å². The van der Waals surface area contributed by atoms with Crippen molar-refractivity contribution in [2.24, 2.45) is 0 Å². The van der Waals surface area contributed by atoms with Crippen molar-refractivity contribution < 1.29 is 19.0 Å². The Bertz CT molecular complexity index is 887. The molecule has 1 aromatic heterocycles. The first kappa shape index (κ1) is 18.0. The third kappa shape index (κ3) is 3.18. The van der Waals surface area contributed by atoms with E-state index in [-0.39, 0.29) is 0 Å². The Morgan fingerprint density at radius 2 is 1.65 bits per heavy atom. The molecule has 3 rings (SSSR count). The van der Waals surface area contributed by atoms with E-state index in [0.717, 1.165) is 22.3 Å². The summed E-state index contributed by atoms with van der Waals surface area (Å²) in [5.74, 6) is 1.31. The fourth-order valence-electron chi connectivity index (χ4n) is 3.12. The van der Waals surface area contributed by atoms with Crippen LogP contribution < -0.4 is 14.2 Å². The van der Waals surface area contributed by atoms with E-state index in [0.29, 0.717) is 22.8 Å². The summed E-state index contributed by atoms with van der Waals surface area (Å²) < 4.78 is 16.8. The van der Waals surface area contributed by atoms with Gasteiger partial charge in [-0.3, -0.25) is 0 Å². The lowest BCUT2D eigenvalue weighted by Crippen LogP contribution is -2.09. The number of benzene rings is 2. The van der Waals surface area contributed by atoms with Crippen LogP contribution in [-0.4, -0.2) is 27.6 Å². The Kier molecular flexibility index (Phi) is 5.58. The van der Waals surface area contributed by atoms with Crippen LogP contribution in [0.15, 0.2) is 53.9 Å². The molecule has 0 fully saturated rings. The lowest BCUT2D eigenvalue weighted by atomic mass is 9.88. The third-order valence-electron chi connectivity index (χ3n) is 4.29. The fourth-order valence-corrected chi connectivity index (χ4v) is 3.87. The van der Waals surface area contributed by atoms with Crippen LogP contribution in [0.25, 0.3) is 10.4 Å². The first-order chi connectivity index (χ1) is 12.7. The predicted octanol–water partition coefficient (Wildman–Crippen LogP) is 4.77. The van der Waals surface area contributed by atoms with Crippen molar-refractivity contribution in [1.82, 2.24) is 0 Å². The molecule has 134 valence electrons. The molecule has 1 unspecified atom stereocenters. The maximum atomic E-state index is 12.1. The van der Waals surface area contributed by atoms with Gasteiger partial charge in [0.1, 0.15) is 23.5 Å². The second-order valence-electron chi connectivity index (χ2n) is 5.60. The van der Waals surface area contributed by atoms with Crippen LogP contribution in [0.5, 0.6) is 17.2 Å². The van der Waals surface area contributed by atoms with Crippen molar-refractivity contribution in [3.63, 3.8) is 0 Å². The minimum absolute atomic E-state index is 0.573. The highest BCUT2D eigenvalue weighted by Gasteiger charge is 2.27. The summed E-state index contributed by atoms with van der Waals surface area (Å²) in [6, 6.07) is 15.3. The average molecular weight is 368 g/mol. The molecule has 2 aromatic carbocycles. The van der Waals surface area contributed by atoms with Gasteiger partial charge in [-0.15, -0.1) is 11.3 Å². The Balaban J connectivity index is 2.27. The van der Waals surface area contributed by atoms with E-state index >= 15 is 0 Å². The van der Waals surface area contributed by atoms with Gasteiger partial charge >= 0.3 is 0 Å². The molecule has 0 spiro atoms. The number of hydrogen-bond donors (Lipinski definition) is 0. The van der Waals surface area contributed by atoms with Crippen LogP contribution in [0, 0.1) is 0 Å². The van der Waals surface area contributed by atoms with Crippen LogP contribution in [-0.2, 0) is 4.79 Å². The summed E-state index contributed by atoms with van der Waals surface area (Å²) in [4.78, 5) is 13.2. The third-order valence-corrected chi connectivity index (χ3v) is 5.19. The molecule has 26 heavy (non-hydrogen) atoms. The summed E-state index contributed by atoms with van der Waals surface area (Å²) in [6.07, 6.45) is 0.899. The molecule has 1 atom stereocenters. The molecule has 0 aliphatic heterocycles. The van der Waals surface area contributed by atoms with Crippen molar-refractivity contribution in [3.05, 3.63) is 65.0 Å². The number of rotatable bonds is 7. The highest BCUT2D eigenvalue weighted by Crippen LogP contribution is 2.46. The molecule has 0 N–H and O–H groups in total. The topological polar surface area (TPSA) is 44.8 Å². The average Bonchev–Trinajstić information content (AvgIpc) is 3.23. The lowest BCUT2D eigenvalue weighted by molar-refractivity contribution is -0.108. The van der Waals surface area contributed by atoms with Crippen molar-refractivity contribution in [1.29, 1.82) is 0 Å². The van der Waals surface area contributed by atoms with Crippen molar-refractivity contribution >= 4 is 17.6 Å². The van der Waals surface area contributed by atoms with Crippen LogP contribution in [0.2, 0.25) is 0 Å². The van der Waals surface area contributed by atoms with E-state index in [1.54, 1.807) is 32.7 Å². The van der Waals surface area contributed by atoms with Gasteiger partial charge in [0.15, 0.2) is 0 Å². The molecule has 0 amide bonds. The molecular weight excluding hydrogens is 348 g/mol. The Hall–Kier alpha value is -2.79. The Morgan fingerprint density at radius 3 is 2.27 bits per heavy atom. The van der Waals surface area contributed by atoms with Gasteiger partial charge < -0.3 is 19.0 Å². The molecule has 3 aromatic rings. The molecule has 5 heteroatoms. The SMILES string of the molecule is COc1ccccc1C(C=O)c1c(OC)ccc(-c2cccs2)c1OC. The normalized spacial score (nSPS) is 11.7. The van der Waals surface area contributed by atoms with E-state index < -0.39 is 5.92 Å². The minimum atomic E-state index is -0.573. The molecule has 0 aliphatic carbocycles. The Morgan fingerprint density at radius 1 is 0.885 bits per heavy atom. The minimum Gasteiger partial charge on any atom is -0.496 e. The summed E-state index contributed by atoms with van der Waals surface area (Å²) in [6.45, 7) is 0. The van der Waals surface area contributed by atoms with E-state index in [1.807, 2.05) is 53.9 Å². The molecule has 0 bridgehead atoms. The van der Waals surface area contributed by atoms with Gasteiger partial charge in [0.05, 0.1) is 32.8 Å². The van der Waals surface area contributed by atoms with Crippen molar-refractivity contribution in [2.75, 3.05) is 21.3 Å². The van der Waals surface area contributed by atoms with Crippen molar-refractivity contribution in [2.45, 2.75) is 5.92 Å². The standard InChI is InChI=1S/C21H20O4S/c1-23-17-8-5-4-7-14(17)16(13-22)20-18(24-2)11-10-15(21(20)25-3)19-9-6-12-26-19/h4-13,16H,1-3H3. The summed E-state index contributed by atoms with van der Waals surface area (Å²) in [7, 11) is 4.80. The maximum absolute atomic E-state index is 12.1. The number of methoxy groups -OCH3 is 3. The van der Waals surface area contributed by atoms with Gasteiger partial charge in [0, 0.05) is 16.0 Å². The van der Waals surface area contributed by atoms with Crippen molar-refractivity contribution in [3.8, 4) is 27.7 Å². The Labute approximate surface area is 157 Å². The van der Waals surface area contributed by atoms with Gasteiger partial charge in [-0.1, -0.05) is 24.3 Å². The fraction of sp³-hybridized carbons (Fsp3) is 0.190. The van der Waals surface area contributed by atoms with Gasteiger partial charge in [0.25, 0.3) is 0 Å². The van der Waals surface area contributed by atoms with Gasteiger partial charge in [0.2, 0.25) is 0 Å². The number of para-hydroxylation sites is 1. The predicted molar refractivity (Wildman–Crippen MR) is 104 cm³/mol.